The molecule has 0 saturated heterocycles. The van der Waals surface area contributed by atoms with Crippen LogP contribution in [-0.2, 0) is 4.79 Å². The minimum atomic E-state index is -0.608. The Morgan fingerprint density at radius 2 is 2.21 bits per heavy atom. The minimum Gasteiger partial charge on any atom is -0.419 e. The van der Waals surface area contributed by atoms with Gasteiger partial charge in [-0.25, -0.2) is 0 Å². The summed E-state index contributed by atoms with van der Waals surface area (Å²) in [6, 6.07) is 4.20. The van der Waals surface area contributed by atoms with Gasteiger partial charge in [-0.2, -0.15) is 0 Å². The first-order valence-electron chi connectivity index (χ1n) is 3.63. The normalized spacial score (nSPS) is 9.57. The second-order valence-electron chi connectivity index (χ2n) is 2.46. The van der Waals surface area contributed by atoms with Crippen LogP contribution in [0.2, 0.25) is 0 Å². The Morgan fingerprint density at radius 3 is 2.71 bits per heavy atom. The van der Waals surface area contributed by atoms with E-state index >= 15 is 0 Å². The number of carbonyl (C=O) groups excluding carboxylic acids is 1. The molecule has 0 aliphatic carbocycles. The van der Waals surface area contributed by atoms with Crippen molar-refractivity contribution in [1.29, 1.82) is 0 Å². The summed E-state index contributed by atoms with van der Waals surface area (Å²) in [5.41, 5.74) is -0.241. The van der Waals surface area contributed by atoms with Crippen LogP contribution in [0.3, 0.4) is 0 Å². The van der Waals surface area contributed by atoms with Crippen molar-refractivity contribution in [3.8, 4) is 5.75 Å². The van der Waals surface area contributed by atoms with Gasteiger partial charge < -0.3 is 4.74 Å². The molecule has 74 valence electrons. The Bertz CT molecular complexity index is 391. The summed E-state index contributed by atoms with van der Waals surface area (Å²) in [5.74, 6) is -0.638. The molecule has 1 aromatic rings. The van der Waals surface area contributed by atoms with Crippen LogP contribution in [-0.4, -0.2) is 10.9 Å². The van der Waals surface area contributed by atoms with Gasteiger partial charge >= 0.3 is 11.7 Å². The van der Waals surface area contributed by atoms with E-state index < -0.39 is 10.9 Å². The lowest BCUT2D eigenvalue weighted by atomic mass is 10.3. The molecule has 0 bridgehead atoms. The second kappa shape index (κ2) is 4.19. The molecule has 1 aromatic carbocycles. The summed E-state index contributed by atoms with van der Waals surface area (Å²) in [6.45, 7) is 1.19. The van der Waals surface area contributed by atoms with Gasteiger partial charge in [0, 0.05) is 17.5 Å². The van der Waals surface area contributed by atoms with E-state index in [9.17, 15) is 14.9 Å². The maximum atomic E-state index is 10.6. The number of nitro benzene ring substituents is 1. The zero-order valence-corrected chi connectivity index (χ0v) is 8.78. The maximum absolute atomic E-state index is 10.6. The number of carbonyl (C=O) groups is 1. The maximum Gasteiger partial charge on any atom is 0.312 e. The van der Waals surface area contributed by atoms with Crippen LogP contribution in [0.4, 0.5) is 5.69 Å². The number of benzene rings is 1. The standard InChI is InChI=1S/C8H6BrNO4/c1-5(11)14-8-3-2-6(9)4-7(8)10(12)13/h2-4H,1H3. The highest BCUT2D eigenvalue weighted by molar-refractivity contribution is 9.10. The van der Waals surface area contributed by atoms with E-state index in [0.29, 0.717) is 4.47 Å². The average Bonchev–Trinajstić information content (AvgIpc) is 2.07. The average molecular weight is 260 g/mol. The number of ether oxygens (including phenoxy) is 1. The first-order valence-corrected chi connectivity index (χ1v) is 4.42. The van der Waals surface area contributed by atoms with E-state index in [1.807, 2.05) is 0 Å². The molecule has 0 spiro atoms. The number of nitro groups is 1. The lowest BCUT2D eigenvalue weighted by Gasteiger charge is -2.01. The summed E-state index contributed by atoms with van der Waals surface area (Å²) < 4.78 is 5.22. The van der Waals surface area contributed by atoms with Crippen molar-refractivity contribution in [3.63, 3.8) is 0 Å². The Labute approximate surface area is 88.0 Å². The monoisotopic (exact) mass is 259 g/mol. The van der Waals surface area contributed by atoms with Crippen LogP contribution in [0.1, 0.15) is 6.92 Å². The zero-order valence-electron chi connectivity index (χ0n) is 7.19. The molecule has 0 radical (unpaired) electrons. The van der Waals surface area contributed by atoms with Crippen molar-refractivity contribution < 1.29 is 14.5 Å². The largest absolute Gasteiger partial charge is 0.419 e. The van der Waals surface area contributed by atoms with Gasteiger partial charge in [-0.05, 0) is 12.1 Å². The highest BCUT2D eigenvalue weighted by atomic mass is 79.9. The fourth-order valence-electron chi connectivity index (χ4n) is 0.874. The summed E-state index contributed by atoms with van der Waals surface area (Å²) in [7, 11) is 0. The highest BCUT2D eigenvalue weighted by Gasteiger charge is 2.16. The number of hydrogen-bond donors (Lipinski definition) is 0. The fraction of sp³-hybridized carbons (Fsp3) is 0.125. The molecule has 0 saturated carbocycles. The number of esters is 1. The predicted molar refractivity (Wildman–Crippen MR) is 52.1 cm³/mol. The van der Waals surface area contributed by atoms with Gasteiger partial charge in [0.25, 0.3) is 0 Å². The van der Waals surface area contributed by atoms with Crippen molar-refractivity contribution >= 4 is 27.6 Å². The molecule has 5 nitrogen and oxygen atoms in total. The predicted octanol–water partition coefficient (Wildman–Crippen LogP) is 2.28. The Morgan fingerprint density at radius 1 is 1.57 bits per heavy atom. The molecule has 0 N–H and O–H groups in total. The highest BCUT2D eigenvalue weighted by Crippen LogP contribution is 2.29. The van der Waals surface area contributed by atoms with E-state index in [4.69, 9.17) is 0 Å². The molecular formula is C8H6BrNO4. The second-order valence-corrected chi connectivity index (χ2v) is 3.38. The van der Waals surface area contributed by atoms with Crippen LogP contribution < -0.4 is 4.74 Å². The first kappa shape index (κ1) is 10.6. The molecule has 0 amide bonds. The first-order chi connectivity index (χ1) is 6.50. The van der Waals surface area contributed by atoms with Crippen LogP contribution in [0, 0.1) is 10.1 Å². The van der Waals surface area contributed by atoms with Crippen molar-refractivity contribution in [1.82, 2.24) is 0 Å². The smallest absolute Gasteiger partial charge is 0.312 e. The number of hydrogen-bond acceptors (Lipinski definition) is 4. The third-order valence-electron chi connectivity index (χ3n) is 1.37. The Kier molecular flexibility index (Phi) is 3.19. The summed E-state index contributed by atoms with van der Waals surface area (Å²) in [4.78, 5) is 20.6. The Balaban J connectivity index is 3.14. The lowest BCUT2D eigenvalue weighted by Crippen LogP contribution is -2.03. The fourth-order valence-corrected chi connectivity index (χ4v) is 1.22. The molecule has 0 atom stereocenters. The van der Waals surface area contributed by atoms with E-state index in [2.05, 4.69) is 20.7 Å². The number of rotatable bonds is 2. The molecule has 0 heterocycles. The van der Waals surface area contributed by atoms with Crippen molar-refractivity contribution in [2.75, 3.05) is 0 Å². The van der Waals surface area contributed by atoms with E-state index in [-0.39, 0.29) is 11.4 Å². The van der Waals surface area contributed by atoms with Gasteiger partial charge in [0.05, 0.1) is 4.92 Å². The topological polar surface area (TPSA) is 69.4 Å². The zero-order chi connectivity index (χ0) is 10.7. The molecule has 1 rings (SSSR count). The molecule has 0 aliphatic rings. The van der Waals surface area contributed by atoms with Crippen molar-refractivity contribution in [2.24, 2.45) is 0 Å². The molecule has 0 unspecified atom stereocenters. The molecule has 0 aromatic heterocycles. The number of halogens is 1. The van der Waals surface area contributed by atoms with Gasteiger partial charge in [0.15, 0.2) is 0 Å². The third-order valence-corrected chi connectivity index (χ3v) is 1.86. The van der Waals surface area contributed by atoms with Gasteiger partial charge in [0.2, 0.25) is 5.75 Å². The van der Waals surface area contributed by atoms with E-state index in [1.54, 1.807) is 6.07 Å². The van der Waals surface area contributed by atoms with Crippen LogP contribution >= 0.6 is 15.9 Å². The molecule has 6 heteroatoms. The number of nitrogens with zero attached hydrogens (tertiary/aromatic N) is 1. The van der Waals surface area contributed by atoms with Gasteiger partial charge in [0.1, 0.15) is 0 Å². The van der Waals surface area contributed by atoms with Crippen LogP contribution in [0.25, 0.3) is 0 Å². The molecule has 0 fully saturated rings. The van der Waals surface area contributed by atoms with Crippen molar-refractivity contribution in [3.05, 3.63) is 32.8 Å². The van der Waals surface area contributed by atoms with Crippen LogP contribution in [0.15, 0.2) is 22.7 Å². The quantitative estimate of drug-likeness (QED) is 0.354. The molecular weight excluding hydrogens is 254 g/mol. The van der Waals surface area contributed by atoms with Crippen LogP contribution in [0.5, 0.6) is 5.75 Å². The summed E-state index contributed by atoms with van der Waals surface area (Å²) in [6.07, 6.45) is 0. The van der Waals surface area contributed by atoms with Gasteiger partial charge in [-0.3, -0.25) is 14.9 Å². The van der Waals surface area contributed by atoms with Gasteiger partial charge in [-0.15, -0.1) is 0 Å². The summed E-state index contributed by atoms with van der Waals surface area (Å²) in [5, 5.41) is 10.5. The third kappa shape index (κ3) is 2.53. The lowest BCUT2D eigenvalue weighted by molar-refractivity contribution is -0.385. The minimum absolute atomic E-state index is 0.0503. The SMILES string of the molecule is CC(=O)Oc1ccc(Br)cc1[N+](=O)[O-]. The van der Waals surface area contributed by atoms with E-state index in [0.717, 1.165) is 0 Å². The summed E-state index contributed by atoms with van der Waals surface area (Å²) >= 11 is 3.09. The van der Waals surface area contributed by atoms with E-state index in [1.165, 1.54) is 19.1 Å². The molecule has 0 aliphatic heterocycles. The molecule has 14 heavy (non-hydrogen) atoms. The van der Waals surface area contributed by atoms with Gasteiger partial charge in [-0.1, -0.05) is 15.9 Å². The Hall–Kier alpha value is -1.43. The van der Waals surface area contributed by atoms with Crippen molar-refractivity contribution in [2.45, 2.75) is 6.92 Å².